The molecule has 1 atom stereocenters. The summed E-state index contributed by atoms with van der Waals surface area (Å²) < 4.78 is 5.04. The van der Waals surface area contributed by atoms with Crippen molar-refractivity contribution in [1.82, 2.24) is 0 Å². The molecule has 1 N–H and O–H groups in total. The van der Waals surface area contributed by atoms with Crippen LogP contribution in [0.4, 0.5) is 0 Å². The van der Waals surface area contributed by atoms with Crippen LogP contribution in [0.3, 0.4) is 0 Å². The molecule has 0 fully saturated rings. The minimum absolute atomic E-state index is 0.0492. The van der Waals surface area contributed by atoms with Crippen molar-refractivity contribution in [1.29, 1.82) is 0 Å². The standard InChI is InChI=1S/C11H12BrClO2.3C4H9.Sn/c1-8(14)6-11(15,7-12)9-2-4-10(13)5-3-9;3*1-3-4-2;/h2-5,15H,6-7H2,1H3;3*1,3-4H2,2H3;. The van der Waals surface area contributed by atoms with E-state index < -0.39 is 25.4 Å². The molecule has 0 aliphatic carbocycles. The van der Waals surface area contributed by atoms with Crippen LogP contribution in [-0.4, -0.2) is 36.0 Å². The van der Waals surface area contributed by atoms with E-state index in [9.17, 15) is 9.90 Å². The first-order valence-electron chi connectivity index (χ1n) is 10.7. The molecule has 0 saturated carbocycles. The second kappa shape index (κ2) is 17.1. The molecule has 1 unspecified atom stereocenters. The Labute approximate surface area is 193 Å². The van der Waals surface area contributed by atoms with E-state index in [1.54, 1.807) is 37.6 Å². The Balaban J connectivity index is 0.000000528. The van der Waals surface area contributed by atoms with Gasteiger partial charge in [-0.15, -0.1) is 0 Å². The second-order valence-electron chi connectivity index (χ2n) is 7.61. The SMILES string of the molecule is CC(=O)CC(O)(CBr)c1ccc(Cl)cc1.CCC[CH2][Sn]([CH2]CCC)[CH2]CCC. The summed E-state index contributed by atoms with van der Waals surface area (Å²) in [5.41, 5.74) is -0.449. The van der Waals surface area contributed by atoms with Crippen molar-refractivity contribution in [3.63, 3.8) is 0 Å². The van der Waals surface area contributed by atoms with Crippen LogP contribution in [0.15, 0.2) is 24.3 Å². The monoisotopic (exact) mass is 581 g/mol. The summed E-state index contributed by atoms with van der Waals surface area (Å²) in [5.74, 6) is -0.0492. The number of Topliss-reactive ketones (excluding diaryl/α,β-unsaturated/α-hetero) is 1. The molecule has 28 heavy (non-hydrogen) atoms. The zero-order valence-electron chi connectivity index (χ0n) is 18.2. The van der Waals surface area contributed by atoms with Crippen LogP contribution in [0, 0.1) is 0 Å². The number of benzene rings is 1. The van der Waals surface area contributed by atoms with Gasteiger partial charge in [-0.2, -0.15) is 0 Å². The molecule has 0 heterocycles. The molecular weight excluding hydrogens is 542 g/mol. The van der Waals surface area contributed by atoms with E-state index in [0.717, 1.165) is 0 Å². The van der Waals surface area contributed by atoms with E-state index in [0.29, 0.717) is 15.9 Å². The summed E-state index contributed by atoms with van der Waals surface area (Å²) in [4.78, 5) is 11.1. The number of unbranched alkanes of at least 4 members (excludes halogenated alkanes) is 3. The molecule has 0 aliphatic heterocycles. The van der Waals surface area contributed by atoms with E-state index in [2.05, 4.69) is 36.7 Å². The predicted molar refractivity (Wildman–Crippen MR) is 129 cm³/mol. The van der Waals surface area contributed by atoms with E-state index in [1.165, 1.54) is 45.4 Å². The first-order chi connectivity index (χ1) is 13.3. The Hall–Kier alpha value is 0.419. The van der Waals surface area contributed by atoms with E-state index >= 15 is 0 Å². The van der Waals surface area contributed by atoms with Gasteiger partial charge in [-0.1, -0.05) is 39.7 Å². The van der Waals surface area contributed by atoms with Crippen LogP contribution in [0.2, 0.25) is 18.3 Å². The number of ketones is 1. The first-order valence-corrected chi connectivity index (χ1v) is 18.3. The van der Waals surface area contributed by atoms with Crippen LogP contribution < -0.4 is 0 Å². The number of halogens is 2. The van der Waals surface area contributed by atoms with Crippen molar-refractivity contribution in [2.24, 2.45) is 0 Å². The molecule has 0 bridgehead atoms. The summed E-state index contributed by atoms with van der Waals surface area (Å²) in [6.07, 6.45) is 8.94. The number of carbonyl (C=O) groups excluding carboxylic acids is 1. The van der Waals surface area contributed by atoms with Gasteiger partial charge in [0, 0.05) is 16.8 Å². The number of aliphatic hydroxyl groups is 1. The summed E-state index contributed by atoms with van der Waals surface area (Å²) in [6.45, 7) is 8.46. The van der Waals surface area contributed by atoms with Gasteiger partial charge in [0.15, 0.2) is 0 Å². The van der Waals surface area contributed by atoms with Crippen molar-refractivity contribution >= 4 is 53.1 Å². The number of hydrogen-bond acceptors (Lipinski definition) is 2. The van der Waals surface area contributed by atoms with Gasteiger partial charge in [-0.3, -0.25) is 4.79 Å². The molecule has 1 rings (SSSR count). The third kappa shape index (κ3) is 12.9. The summed E-state index contributed by atoms with van der Waals surface area (Å²) in [5, 5.41) is 11.2. The van der Waals surface area contributed by atoms with Gasteiger partial charge in [0.1, 0.15) is 11.4 Å². The number of carbonyl (C=O) groups is 1. The van der Waals surface area contributed by atoms with Crippen LogP contribution >= 0.6 is 27.5 Å². The number of rotatable bonds is 13. The molecule has 0 saturated heterocycles. The van der Waals surface area contributed by atoms with Crippen LogP contribution in [0.1, 0.15) is 78.2 Å². The van der Waals surface area contributed by atoms with Gasteiger partial charge in [0.2, 0.25) is 0 Å². The molecule has 0 amide bonds. The fourth-order valence-electron chi connectivity index (χ4n) is 3.05. The molecule has 5 heteroatoms. The summed E-state index contributed by atoms with van der Waals surface area (Å²) in [6, 6.07) is 6.86. The third-order valence-corrected chi connectivity index (χ3v) is 15.1. The molecule has 1 aromatic rings. The minimum atomic E-state index is -1.14. The summed E-state index contributed by atoms with van der Waals surface area (Å²) in [7, 11) is 0. The summed E-state index contributed by atoms with van der Waals surface area (Å²) >= 11 is 8.13. The van der Waals surface area contributed by atoms with E-state index in [4.69, 9.17) is 11.6 Å². The van der Waals surface area contributed by atoms with Gasteiger partial charge >= 0.3 is 92.4 Å². The molecule has 0 spiro atoms. The van der Waals surface area contributed by atoms with Gasteiger partial charge < -0.3 is 5.11 Å². The average molecular weight is 582 g/mol. The Morgan fingerprint density at radius 1 is 1.00 bits per heavy atom. The number of hydrogen-bond donors (Lipinski definition) is 1. The Kier molecular flexibility index (Phi) is 17.4. The van der Waals surface area contributed by atoms with Crippen molar-refractivity contribution in [3.05, 3.63) is 34.9 Å². The van der Waals surface area contributed by atoms with Gasteiger partial charge in [-0.05, 0) is 24.6 Å². The van der Waals surface area contributed by atoms with Gasteiger partial charge in [0.25, 0.3) is 0 Å². The van der Waals surface area contributed by atoms with Gasteiger partial charge in [0.05, 0.1) is 0 Å². The van der Waals surface area contributed by atoms with Crippen molar-refractivity contribution < 1.29 is 9.90 Å². The average Bonchev–Trinajstić information content (AvgIpc) is 2.67. The zero-order chi connectivity index (χ0) is 21.4. The fourth-order valence-corrected chi connectivity index (χ4v) is 13.2. The zero-order valence-corrected chi connectivity index (χ0v) is 23.4. The van der Waals surface area contributed by atoms with E-state index in [-0.39, 0.29) is 12.2 Å². The van der Waals surface area contributed by atoms with Crippen molar-refractivity contribution in [2.45, 2.75) is 91.6 Å². The van der Waals surface area contributed by atoms with Gasteiger partial charge in [-0.25, -0.2) is 0 Å². The molecule has 161 valence electrons. The molecule has 0 aliphatic rings. The Morgan fingerprint density at radius 2 is 1.43 bits per heavy atom. The van der Waals surface area contributed by atoms with Crippen molar-refractivity contribution in [3.8, 4) is 0 Å². The van der Waals surface area contributed by atoms with Crippen LogP contribution in [-0.2, 0) is 10.4 Å². The maximum absolute atomic E-state index is 11.1. The quantitative estimate of drug-likeness (QED) is 0.191. The Bertz CT molecular complexity index is 505. The Morgan fingerprint density at radius 3 is 1.75 bits per heavy atom. The van der Waals surface area contributed by atoms with Crippen molar-refractivity contribution in [2.75, 3.05) is 5.33 Å². The maximum atomic E-state index is 11.1. The van der Waals surface area contributed by atoms with E-state index in [1.807, 2.05) is 0 Å². The number of alkyl halides is 1. The first kappa shape index (κ1) is 28.4. The normalized spacial score (nSPS) is 13.0. The van der Waals surface area contributed by atoms with Crippen LogP contribution in [0.5, 0.6) is 0 Å². The molecule has 1 radical (unpaired) electrons. The fraction of sp³-hybridized carbons (Fsp3) is 0.696. The third-order valence-electron chi connectivity index (χ3n) is 4.80. The molecule has 2 nitrogen and oxygen atoms in total. The second-order valence-corrected chi connectivity index (χ2v) is 17.2. The topological polar surface area (TPSA) is 37.3 Å². The molecular formula is C23H39BrClO2Sn. The molecule has 1 aromatic carbocycles. The molecule has 0 aromatic heterocycles. The van der Waals surface area contributed by atoms with Crippen LogP contribution in [0.25, 0.3) is 0 Å². The predicted octanol–water partition coefficient (Wildman–Crippen LogP) is 7.78.